The number of aliphatic imine (C=N–C) groups is 1. The Morgan fingerprint density at radius 2 is 2.27 bits per heavy atom. The van der Waals surface area contributed by atoms with Crippen molar-refractivity contribution < 1.29 is 9.59 Å². The average Bonchev–Trinajstić information content (AvgIpc) is 2.00. The molecular formula is C7H12N2O2. The molecule has 0 aromatic carbocycles. The Bertz CT molecular complexity index is 173. The second-order valence-corrected chi connectivity index (χ2v) is 2.26. The standard InChI is InChI=1S/C7H12N2O2/c1-3-4-5-9(2)7(11)8-6-10/h3-5H2,1-2H3. The molecule has 0 unspecified atom stereocenters. The molecular weight excluding hydrogens is 144 g/mol. The molecule has 0 spiro atoms. The number of nitrogens with zero attached hydrogens (tertiary/aromatic N) is 2. The summed E-state index contributed by atoms with van der Waals surface area (Å²) in [6.45, 7) is 2.67. The van der Waals surface area contributed by atoms with Gasteiger partial charge in [-0.2, -0.15) is 0 Å². The van der Waals surface area contributed by atoms with E-state index >= 15 is 0 Å². The maximum Gasteiger partial charge on any atom is 0.354 e. The largest absolute Gasteiger partial charge is 0.354 e. The van der Waals surface area contributed by atoms with Crippen LogP contribution in [0.4, 0.5) is 4.79 Å². The molecule has 0 radical (unpaired) electrons. The van der Waals surface area contributed by atoms with Crippen molar-refractivity contribution in [3.05, 3.63) is 0 Å². The third-order valence-corrected chi connectivity index (χ3v) is 1.31. The third kappa shape index (κ3) is 4.28. The number of rotatable bonds is 3. The number of unbranched alkanes of at least 4 members (excludes halogenated alkanes) is 1. The Morgan fingerprint density at radius 1 is 1.64 bits per heavy atom. The van der Waals surface area contributed by atoms with Crippen molar-refractivity contribution in [1.29, 1.82) is 0 Å². The SMILES string of the molecule is CCCCN(C)C(=O)N=C=O. The maximum atomic E-state index is 10.7. The first-order valence-corrected chi connectivity index (χ1v) is 3.55. The number of urea groups is 1. The van der Waals surface area contributed by atoms with Crippen molar-refractivity contribution in [2.45, 2.75) is 19.8 Å². The molecule has 0 aliphatic heterocycles. The van der Waals surface area contributed by atoms with Gasteiger partial charge in [0.1, 0.15) is 0 Å². The average molecular weight is 156 g/mol. The van der Waals surface area contributed by atoms with E-state index in [4.69, 9.17) is 0 Å². The Hall–Kier alpha value is -1.15. The fraction of sp³-hybridized carbons (Fsp3) is 0.714. The zero-order chi connectivity index (χ0) is 8.69. The molecule has 0 fully saturated rings. The number of hydrogen-bond donors (Lipinski definition) is 0. The van der Waals surface area contributed by atoms with Crippen molar-refractivity contribution in [3.63, 3.8) is 0 Å². The first-order valence-electron chi connectivity index (χ1n) is 3.55. The fourth-order valence-electron chi connectivity index (χ4n) is 0.615. The number of amides is 2. The summed E-state index contributed by atoms with van der Waals surface area (Å²) < 4.78 is 0. The number of hydrogen-bond acceptors (Lipinski definition) is 2. The number of carbonyl (C=O) groups excluding carboxylic acids is 2. The van der Waals surface area contributed by atoms with Gasteiger partial charge in [0.05, 0.1) is 0 Å². The Morgan fingerprint density at radius 3 is 2.73 bits per heavy atom. The molecule has 0 aliphatic carbocycles. The molecule has 0 N–H and O–H groups in total. The van der Waals surface area contributed by atoms with Crippen LogP contribution in [0.2, 0.25) is 0 Å². The predicted octanol–water partition coefficient (Wildman–Crippen LogP) is 1.17. The summed E-state index contributed by atoms with van der Waals surface area (Å²) in [5.74, 6) is 0. The lowest BCUT2D eigenvalue weighted by Crippen LogP contribution is -2.24. The van der Waals surface area contributed by atoms with Gasteiger partial charge in [-0.1, -0.05) is 13.3 Å². The van der Waals surface area contributed by atoms with E-state index in [0.29, 0.717) is 6.54 Å². The first-order chi connectivity index (χ1) is 5.22. The van der Waals surface area contributed by atoms with Gasteiger partial charge in [-0.05, 0) is 6.42 Å². The molecule has 0 saturated heterocycles. The van der Waals surface area contributed by atoms with Crippen LogP contribution in [0.5, 0.6) is 0 Å². The second-order valence-electron chi connectivity index (χ2n) is 2.26. The molecule has 2 amide bonds. The molecule has 0 aromatic heterocycles. The van der Waals surface area contributed by atoms with Crippen molar-refractivity contribution in [3.8, 4) is 0 Å². The minimum absolute atomic E-state index is 0.520. The highest BCUT2D eigenvalue weighted by atomic mass is 16.2. The van der Waals surface area contributed by atoms with E-state index in [1.54, 1.807) is 7.05 Å². The zero-order valence-electron chi connectivity index (χ0n) is 6.83. The summed E-state index contributed by atoms with van der Waals surface area (Å²) >= 11 is 0. The van der Waals surface area contributed by atoms with Gasteiger partial charge in [0.2, 0.25) is 6.08 Å². The molecule has 4 heteroatoms. The topological polar surface area (TPSA) is 49.7 Å². The molecule has 0 bridgehead atoms. The van der Waals surface area contributed by atoms with E-state index in [-0.39, 0.29) is 0 Å². The lowest BCUT2D eigenvalue weighted by Gasteiger charge is -2.11. The minimum atomic E-state index is -0.520. The second kappa shape index (κ2) is 5.62. The van der Waals surface area contributed by atoms with Gasteiger partial charge in [-0.3, -0.25) is 0 Å². The van der Waals surface area contributed by atoms with Gasteiger partial charge in [0.15, 0.2) is 0 Å². The number of carbonyl (C=O) groups is 1. The minimum Gasteiger partial charge on any atom is -0.325 e. The summed E-state index contributed by atoms with van der Waals surface area (Å²) in [7, 11) is 1.61. The van der Waals surface area contributed by atoms with Crippen LogP contribution in [0.15, 0.2) is 4.99 Å². The van der Waals surface area contributed by atoms with Crippen LogP contribution in [0.25, 0.3) is 0 Å². The summed E-state index contributed by atoms with van der Waals surface area (Å²) in [5.41, 5.74) is 0. The van der Waals surface area contributed by atoms with Gasteiger partial charge in [-0.15, -0.1) is 4.99 Å². The van der Waals surface area contributed by atoms with E-state index < -0.39 is 6.03 Å². The van der Waals surface area contributed by atoms with Crippen LogP contribution in [-0.2, 0) is 4.79 Å². The molecule has 0 rings (SSSR count). The van der Waals surface area contributed by atoms with Crippen LogP contribution in [0, 0.1) is 0 Å². The molecule has 62 valence electrons. The van der Waals surface area contributed by atoms with E-state index in [1.807, 2.05) is 6.92 Å². The predicted molar refractivity (Wildman–Crippen MR) is 41.1 cm³/mol. The summed E-state index contributed by atoms with van der Waals surface area (Å²) in [4.78, 5) is 24.8. The van der Waals surface area contributed by atoms with E-state index in [9.17, 15) is 9.59 Å². The summed E-state index contributed by atoms with van der Waals surface area (Å²) in [6.07, 6.45) is 3.15. The fourth-order valence-corrected chi connectivity index (χ4v) is 0.615. The quantitative estimate of drug-likeness (QED) is 0.455. The molecule has 11 heavy (non-hydrogen) atoms. The van der Waals surface area contributed by atoms with Crippen LogP contribution >= 0.6 is 0 Å². The molecule has 0 atom stereocenters. The van der Waals surface area contributed by atoms with Gasteiger partial charge in [-0.25, -0.2) is 9.59 Å². The summed E-state index contributed by atoms with van der Waals surface area (Å²) in [6, 6.07) is -0.520. The highest BCUT2D eigenvalue weighted by Crippen LogP contribution is 1.93. The third-order valence-electron chi connectivity index (χ3n) is 1.31. The van der Waals surface area contributed by atoms with Crippen molar-refractivity contribution in [2.24, 2.45) is 4.99 Å². The Labute approximate surface area is 65.9 Å². The Kier molecular flexibility index (Phi) is 5.03. The highest BCUT2D eigenvalue weighted by Gasteiger charge is 2.04. The molecule has 0 aliphatic rings. The monoisotopic (exact) mass is 156 g/mol. The lowest BCUT2D eigenvalue weighted by molar-refractivity contribution is 0.218. The molecule has 4 nitrogen and oxygen atoms in total. The van der Waals surface area contributed by atoms with Gasteiger partial charge in [0.25, 0.3) is 0 Å². The molecule has 0 heterocycles. The lowest BCUT2D eigenvalue weighted by atomic mass is 10.3. The normalized spacial score (nSPS) is 8.55. The number of isocyanates is 1. The van der Waals surface area contributed by atoms with Gasteiger partial charge in [0, 0.05) is 13.6 Å². The van der Waals surface area contributed by atoms with Crippen LogP contribution in [0.3, 0.4) is 0 Å². The molecule has 0 saturated carbocycles. The maximum absolute atomic E-state index is 10.7. The highest BCUT2D eigenvalue weighted by molar-refractivity contribution is 5.79. The van der Waals surface area contributed by atoms with Gasteiger partial charge >= 0.3 is 6.03 Å². The Balaban J connectivity index is 3.73. The van der Waals surface area contributed by atoms with E-state index in [2.05, 4.69) is 4.99 Å². The van der Waals surface area contributed by atoms with Crippen LogP contribution in [-0.4, -0.2) is 30.6 Å². The van der Waals surface area contributed by atoms with Crippen LogP contribution < -0.4 is 0 Å². The van der Waals surface area contributed by atoms with Crippen LogP contribution in [0.1, 0.15) is 19.8 Å². The summed E-state index contributed by atoms with van der Waals surface area (Å²) in [5, 5.41) is 0. The van der Waals surface area contributed by atoms with Crippen molar-refractivity contribution >= 4 is 12.1 Å². The van der Waals surface area contributed by atoms with E-state index in [1.165, 1.54) is 11.0 Å². The van der Waals surface area contributed by atoms with Gasteiger partial charge < -0.3 is 4.90 Å². The first kappa shape index (κ1) is 9.85. The van der Waals surface area contributed by atoms with Crippen molar-refractivity contribution in [1.82, 2.24) is 4.90 Å². The van der Waals surface area contributed by atoms with Crippen molar-refractivity contribution in [2.75, 3.05) is 13.6 Å². The van der Waals surface area contributed by atoms with E-state index in [0.717, 1.165) is 12.8 Å². The smallest absolute Gasteiger partial charge is 0.325 e. The zero-order valence-corrected chi connectivity index (χ0v) is 6.83. The molecule has 0 aromatic rings.